The molecule has 0 aromatic heterocycles. The summed E-state index contributed by atoms with van der Waals surface area (Å²) in [5.41, 5.74) is 1.75. The molecule has 4 nitrogen and oxygen atoms in total. The summed E-state index contributed by atoms with van der Waals surface area (Å²) >= 11 is 0. The lowest BCUT2D eigenvalue weighted by atomic mass is 10.0. The van der Waals surface area contributed by atoms with Gasteiger partial charge in [0.05, 0.1) is 5.56 Å². The Morgan fingerprint density at radius 1 is 0.969 bits per heavy atom. The van der Waals surface area contributed by atoms with Crippen LogP contribution >= 0.6 is 0 Å². The highest BCUT2D eigenvalue weighted by atomic mass is 19.1. The molecule has 1 heterocycles. The fourth-order valence-electron chi connectivity index (χ4n) is 3.94. The van der Waals surface area contributed by atoms with Gasteiger partial charge in [-0.25, -0.2) is 13.2 Å². The zero-order valence-electron chi connectivity index (χ0n) is 17.9. The number of nitrogens with zero attached hydrogens (tertiary/aromatic N) is 2. The topological polar surface area (TPSA) is 35.6 Å². The lowest BCUT2D eigenvalue weighted by Crippen LogP contribution is -2.31. The van der Waals surface area contributed by atoms with E-state index in [-0.39, 0.29) is 16.7 Å². The minimum Gasteiger partial charge on any atom is -0.370 e. The lowest BCUT2D eigenvalue weighted by molar-refractivity contribution is 0.102. The highest BCUT2D eigenvalue weighted by molar-refractivity contribution is 6.04. The van der Waals surface area contributed by atoms with Gasteiger partial charge in [-0.05, 0) is 74.6 Å². The smallest absolute Gasteiger partial charge is 0.258 e. The van der Waals surface area contributed by atoms with Crippen molar-refractivity contribution in [2.75, 3.05) is 37.4 Å². The Morgan fingerprint density at radius 3 is 2.34 bits per heavy atom. The number of nitrogens with one attached hydrogen (secondary N) is 1. The lowest BCUT2D eigenvalue weighted by Gasteiger charge is -2.22. The predicted molar refractivity (Wildman–Crippen MR) is 120 cm³/mol. The van der Waals surface area contributed by atoms with E-state index in [4.69, 9.17) is 0 Å². The van der Waals surface area contributed by atoms with Gasteiger partial charge in [-0.15, -0.1) is 0 Å². The number of anilines is 2. The molecule has 0 spiro atoms. The van der Waals surface area contributed by atoms with Crippen LogP contribution in [0.2, 0.25) is 0 Å². The molecule has 0 radical (unpaired) electrons. The number of benzene rings is 3. The van der Waals surface area contributed by atoms with Gasteiger partial charge in [0.2, 0.25) is 0 Å². The molecule has 1 N–H and O–H groups in total. The fraction of sp³-hybridized carbons (Fsp3) is 0.240. The molecule has 1 fully saturated rings. The van der Waals surface area contributed by atoms with E-state index in [9.17, 15) is 18.0 Å². The molecule has 1 aliphatic heterocycles. The number of hydrogen-bond acceptors (Lipinski definition) is 3. The van der Waals surface area contributed by atoms with E-state index in [0.29, 0.717) is 11.7 Å². The van der Waals surface area contributed by atoms with Crippen molar-refractivity contribution < 1.29 is 18.0 Å². The Morgan fingerprint density at radius 2 is 1.72 bits per heavy atom. The molecule has 3 aromatic carbocycles. The molecule has 1 aliphatic rings. The zero-order valence-corrected chi connectivity index (χ0v) is 17.9. The number of rotatable bonds is 5. The van der Waals surface area contributed by atoms with Crippen LogP contribution in [-0.2, 0) is 0 Å². The van der Waals surface area contributed by atoms with Crippen LogP contribution in [-0.4, -0.2) is 44.0 Å². The minimum atomic E-state index is -0.795. The SMILES string of the molecule is CN(C)C1CCN(c2ccc(NC(=O)c3ccc(-c4ccc(F)cc4F)cc3F)cc2)C1. The summed E-state index contributed by atoms with van der Waals surface area (Å²) in [5, 5.41) is 2.69. The standard InChI is InChI=1S/C25H24F3N3O/c1-30(2)20-11-12-31(15-20)19-7-5-18(6-8-19)29-25(32)22-9-3-16(13-23(22)27)21-10-4-17(26)14-24(21)28/h3-10,13-14,20H,11-12,15H2,1-2H3,(H,29,32). The second kappa shape index (κ2) is 9.04. The van der Waals surface area contributed by atoms with Gasteiger partial charge in [0.15, 0.2) is 0 Å². The molecule has 1 amide bonds. The molecular formula is C25H24F3N3O. The van der Waals surface area contributed by atoms with E-state index < -0.39 is 23.4 Å². The molecule has 32 heavy (non-hydrogen) atoms. The third-order valence-corrected chi connectivity index (χ3v) is 5.84. The second-order valence-electron chi connectivity index (χ2n) is 8.17. The van der Waals surface area contributed by atoms with Crippen LogP contribution in [0.25, 0.3) is 11.1 Å². The van der Waals surface area contributed by atoms with E-state index in [1.165, 1.54) is 18.2 Å². The van der Waals surface area contributed by atoms with Crippen LogP contribution in [0.4, 0.5) is 24.5 Å². The normalized spacial score (nSPS) is 15.9. The van der Waals surface area contributed by atoms with Gasteiger partial charge in [-0.3, -0.25) is 4.79 Å². The third kappa shape index (κ3) is 4.62. The summed E-state index contributed by atoms with van der Waals surface area (Å²) in [4.78, 5) is 17.1. The Bertz CT molecular complexity index is 1130. The number of likely N-dealkylation sites (N-methyl/N-ethyl adjacent to an activating group) is 1. The molecule has 0 aliphatic carbocycles. The molecule has 4 rings (SSSR count). The van der Waals surface area contributed by atoms with Crippen molar-refractivity contribution >= 4 is 17.3 Å². The molecule has 166 valence electrons. The highest BCUT2D eigenvalue weighted by Crippen LogP contribution is 2.27. The van der Waals surface area contributed by atoms with Crippen molar-refractivity contribution in [1.29, 1.82) is 0 Å². The van der Waals surface area contributed by atoms with Gasteiger partial charge >= 0.3 is 0 Å². The van der Waals surface area contributed by atoms with Crippen molar-refractivity contribution in [2.45, 2.75) is 12.5 Å². The maximum absolute atomic E-state index is 14.6. The molecule has 0 saturated carbocycles. The molecular weight excluding hydrogens is 415 g/mol. The average molecular weight is 439 g/mol. The van der Waals surface area contributed by atoms with Gasteiger partial charge in [-0.2, -0.15) is 0 Å². The van der Waals surface area contributed by atoms with E-state index in [1.807, 2.05) is 12.1 Å². The van der Waals surface area contributed by atoms with E-state index in [1.54, 1.807) is 12.1 Å². The monoisotopic (exact) mass is 439 g/mol. The molecule has 7 heteroatoms. The zero-order chi connectivity index (χ0) is 22.8. The van der Waals surface area contributed by atoms with Crippen molar-refractivity contribution in [3.63, 3.8) is 0 Å². The first-order valence-corrected chi connectivity index (χ1v) is 10.4. The summed E-state index contributed by atoms with van der Waals surface area (Å²) in [6.45, 7) is 1.92. The van der Waals surface area contributed by atoms with Crippen LogP contribution in [0.15, 0.2) is 60.7 Å². The first kappa shape index (κ1) is 21.9. The third-order valence-electron chi connectivity index (χ3n) is 5.84. The molecule has 3 aromatic rings. The second-order valence-corrected chi connectivity index (χ2v) is 8.17. The fourth-order valence-corrected chi connectivity index (χ4v) is 3.94. The van der Waals surface area contributed by atoms with Crippen LogP contribution in [0.5, 0.6) is 0 Å². The van der Waals surface area contributed by atoms with Crippen molar-refractivity contribution in [1.82, 2.24) is 4.90 Å². The van der Waals surface area contributed by atoms with E-state index in [2.05, 4.69) is 29.2 Å². The Kier molecular flexibility index (Phi) is 6.19. The summed E-state index contributed by atoms with van der Waals surface area (Å²) in [5.74, 6) is -2.89. The number of carbonyl (C=O) groups is 1. The number of hydrogen-bond donors (Lipinski definition) is 1. The minimum absolute atomic E-state index is 0.0614. The highest BCUT2D eigenvalue weighted by Gasteiger charge is 2.24. The summed E-state index contributed by atoms with van der Waals surface area (Å²) < 4.78 is 41.7. The maximum atomic E-state index is 14.6. The molecule has 1 saturated heterocycles. The van der Waals surface area contributed by atoms with Crippen LogP contribution in [0.1, 0.15) is 16.8 Å². The van der Waals surface area contributed by atoms with Gasteiger partial charge in [-0.1, -0.05) is 6.07 Å². The van der Waals surface area contributed by atoms with Crippen molar-refractivity contribution in [2.24, 2.45) is 0 Å². The first-order valence-electron chi connectivity index (χ1n) is 10.4. The van der Waals surface area contributed by atoms with Gasteiger partial charge < -0.3 is 15.1 Å². The largest absolute Gasteiger partial charge is 0.370 e. The quantitative estimate of drug-likeness (QED) is 0.596. The molecule has 1 unspecified atom stereocenters. The Labute approximate surface area is 185 Å². The summed E-state index contributed by atoms with van der Waals surface area (Å²) in [6.07, 6.45) is 1.10. The van der Waals surface area contributed by atoms with Crippen LogP contribution in [0, 0.1) is 17.5 Å². The summed E-state index contributed by atoms with van der Waals surface area (Å²) in [6, 6.07) is 14.8. The van der Waals surface area contributed by atoms with Gasteiger partial charge in [0.1, 0.15) is 17.5 Å². The van der Waals surface area contributed by atoms with E-state index in [0.717, 1.165) is 43.4 Å². The van der Waals surface area contributed by atoms with Crippen LogP contribution in [0.3, 0.4) is 0 Å². The molecule has 1 atom stereocenters. The number of carbonyl (C=O) groups excluding carboxylic acids is 1. The van der Waals surface area contributed by atoms with Crippen molar-refractivity contribution in [3.05, 3.63) is 83.7 Å². The van der Waals surface area contributed by atoms with Crippen molar-refractivity contribution in [3.8, 4) is 11.1 Å². The maximum Gasteiger partial charge on any atom is 0.258 e. The van der Waals surface area contributed by atoms with E-state index >= 15 is 0 Å². The Balaban J connectivity index is 1.45. The average Bonchev–Trinajstić information content (AvgIpc) is 3.25. The number of amides is 1. The molecule has 0 bridgehead atoms. The predicted octanol–water partition coefficient (Wildman–Crippen LogP) is 5.16. The van der Waals surface area contributed by atoms with Gasteiger partial charge in [0.25, 0.3) is 5.91 Å². The Hall–Kier alpha value is -3.32. The van der Waals surface area contributed by atoms with Crippen LogP contribution < -0.4 is 10.2 Å². The summed E-state index contributed by atoms with van der Waals surface area (Å²) in [7, 11) is 4.16. The first-order chi connectivity index (χ1) is 15.3. The van der Waals surface area contributed by atoms with Gasteiger partial charge in [0, 0.05) is 42.1 Å². The number of halogens is 3.